The highest BCUT2D eigenvalue weighted by molar-refractivity contribution is 8.00. The molecule has 1 unspecified atom stereocenters. The first kappa shape index (κ1) is 19.6. The van der Waals surface area contributed by atoms with Crippen molar-refractivity contribution in [2.45, 2.75) is 17.3 Å². The first-order valence-corrected chi connectivity index (χ1v) is 9.29. The van der Waals surface area contributed by atoms with Crippen LogP contribution in [0.25, 0.3) is 16.6 Å². The lowest BCUT2D eigenvalue weighted by atomic mass is 10.1. The molecule has 1 atom stereocenters. The van der Waals surface area contributed by atoms with Gasteiger partial charge in [-0.1, -0.05) is 30.0 Å². The largest absolute Gasteiger partial charge is 0.468 e. The molecule has 0 saturated carbocycles. The number of aromatic nitrogens is 2. The van der Waals surface area contributed by atoms with Crippen molar-refractivity contribution in [1.29, 1.82) is 0 Å². The molecule has 3 aromatic rings. The molecule has 0 aliphatic rings. The minimum atomic E-state index is -0.576. The third kappa shape index (κ3) is 3.77. The molecule has 0 fully saturated rings. The second kappa shape index (κ2) is 8.26. The predicted octanol–water partition coefficient (Wildman–Crippen LogP) is 2.83. The van der Waals surface area contributed by atoms with E-state index in [1.807, 2.05) is 18.2 Å². The van der Waals surface area contributed by atoms with Gasteiger partial charge in [0.15, 0.2) is 5.16 Å². The molecule has 3 rings (SSSR count). The van der Waals surface area contributed by atoms with E-state index in [0.29, 0.717) is 21.7 Å². The maximum atomic E-state index is 13.2. The monoisotopic (exact) mass is 398 g/mol. The number of methoxy groups -OCH3 is 2. The number of carbonyl (C=O) groups excluding carboxylic acids is 2. The number of ether oxygens (including phenoxy) is 2. The molecule has 0 bridgehead atoms. The number of thioether (sulfide) groups is 1. The quantitative estimate of drug-likeness (QED) is 0.371. The molecule has 0 aliphatic carbocycles. The van der Waals surface area contributed by atoms with Gasteiger partial charge < -0.3 is 9.47 Å². The maximum Gasteiger partial charge on any atom is 0.337 e. The molecule has 28 heavy (non-hydrogen) atoms. The second-order valence-corrected chi connectivity index (χ2v) is 7.19. The molecule has 1 heterocycles. The van der Waals surface area contributed by atoms with Crippen LogP contribution in [0.1, 0.15) is 17.3 Å². The van der Waals surface area contributed by atoms with E-state index in [9.17, 15) is 14.4 Å². The summed E-state index contributed by atoms with van der Waals surface area (Å²) in [5.74, 6) is -0.949. The van der Waals surface area contributed by atoms with Crippen LogP contribution in [0.3, 0.4) is 0 Å². The predicted molar refractivity (Wildman–Crippen MR) is 106 cm³/mol. The Morgan fingerprint density at radius 2 is 1.79 bits per heavy atom. The van der Waals surface area contributed by atoms with E-state index in [-0.39, 0.29) is 11.1 Å². The zero-order chi connectivity index (χ0) is 20.3. The maximum absolute atomic E-state index is 13.2. The fourth-order valence-corrected chi connectivity index (χ4v) is 3.62. The molecule has 0 aliphatic heterocycles. The van der Waals surface area contributed by atoms with Crippen LogP contribution in [-0.2, 0) is 14.3 Å². The first-order valence-electron chi connectivity index (χ1n) is 8.41. The lowest BCUT2D eigenvalue weighted by molar-refractivity contribution is -0.139. The minimum Gasteiger partial charge on any atom is -0.468 e. The Kier molecular flexibility index (Phi) is 5.79. The number of hydrogen-bond acceptors (Lipinski definition) is 7. The summed E-state index contributed by atoms with van der Waals surface area (Å²) in [4.78, 5) is 41.5. The van der Waals surface area contributed by atoms with Gasteiger partial charge in [0.25, 0.3) is 5.56 Å². The summed E-state index contributed by atoms with van der Waals surface area (Å²) in [5.41, 5.74) is 0.960. The summed E-state index contributed by atoms with van der Waals surface area (Å²) >= 11 is 1.11. The van der Waals surface area contributed by atoms with Crippen LogP contribution in [0.5, 0.6) is 0 Å². The lowest BCUT2D eigenvalue weighted by Crippen LogP contribution is -2.24. The van der Waals surface area contributed by atoms with E-state index in [1.165, 1.54) is 30.9 Å². The number of benzene rings is 2. The van der Waals surface area contributed by atoms with Gasteiger partial charge in [-0.05, 0) is 37.3 Å². The molecule has 0 N–H and O–H groups in total. The number of nitrogens with zero attached hydrogens (tertiary/aromatic N) is 2. The van der Waals surface area contributed by atoms with Gasteiger partial charge in [-0.3, -0.25) is 14.2 Å². The van der Waals surface area contributed by atoms with Crippen LogP contribution >= 0.6 is 11.8 Å². The van der Waals surface area contributed by atoms with Crippen molar-refractivity contribution in [3.8, 4) is 5.69 Å². The van der Waals surface area contributed by atoms with Crippen LogP contribution < -0.4 is 5.56 Å². The van der Waals surface area contributed by atoms with Gasteiger partial charge in [-0.25, -0.2) is 9.78 Å². The Morgan fingerprint density at radius 1 is 1.07 bits per heavy atom. The minimum absolute atomic E-state index is 0.288. The van der Waals surface area contributed by atoms with Crippen molar-refractivity contribution in [3.63, 3.8) is 0 Å². The lowest BCUT2D eigenvalue weighted by Gasteiger charge is -2.15. The third-order valence-electron chi connectivity index (χ3n) is 4.09. The van der Waals surface area contributed by atoms with Gasteiger partial charge in [0.05, 0.1) is 36.4 Å². The molecule has 144 valence electrons. The van der Waals surface area contributed by atoms with Crippen molar-refractivity contribution in [2.24, 2.45) is 0 Å². The zero-order valence-corrected chi connectivity index (χ0v) is 16.4. The Bertz CT molecular complexity index is 1090. The first-order chi connectivity index (χ1) is 13.5. The Morgan fingerprint density at radius 3 is 2.43 bits per heavy atom. The molecule has 2 aromatic carbocycles. The number of hydrogen-bond donors (Lipinski definition) is 0. The van der Waals surface area contributed by atoms with Crippen LogP contribution in [0.4, 0.5) is 0 Å². The normalized spacial score (nSPS) is 11.8. The van der Waals surface area contributed by atoms with E-state index in [0.717, 1.165) is 11.8 Å². The number of esters is 2. The summed E-state index contributed by atoms with van der Waals surface area (Å²) in [6, 6.07) is 13.6. The molecular formula is C20H18N2O5S. The molecule has 0 amide bonds. The van der Waals surface area contributed by atoms with E-state index in [1.54, 1.807) is 25.1 Å². The number of carbonyl (C=O) groups is 2. The fourth-order valence-electron chi connectivity index (χ4n) is 2.67. The average Bonchev–Trinajstić information content (AvgIpc) is 2.72. The molecule has 8 heteroatoms. The highest BCUT2D eigenvalue weighted by Gasteiger charge is 2.21. The highest BCUT2D eigenvalue weighted by Crippen LogP contribution is 2.26. The van der Waals surface area contributed by atoms with Gasteiger partial charge in [0, 0.05) is 0 Å². The second-order valence-electron chi connectivity index (χ2n) is 5.88. The van der Waals surface area contributed by atoms with Crippen molar-refractivity contribution < 1.29 is 19.1 Å². The van der Waals surface area contributed by atoms with Crippen LogP contribution in [0, 0.1) is 0 Å². The van der Waals surface area contributed by atoms with Crippen LogP contribution in [-0.4, -0.2) is 41.0 Å². The van der Waals surface area contributed by atoms with Crippen molar-refractivity contribution in [2.75, 3.05) is 14.2 Å². The average molecular weight is 398 g/mol. The van der Waals surface area contributed by atoms with Crippen molar-refractivity contribution in [1.82, 2.24) is 9.55 Å². The highest BCUT2D eigenvalue weighted by atomic mass is 32.2. The van der Waals surface area contributed by atoms with Crippen LogP contribution in [0.2, 0.25) is 0 Å². The topological polar surface area (TPSA) is 87.5 Å². The molecule has 0 radical (unpaired) electrons. The van der Waals surface area contributed by atoms with Gasteiger partial charge in [0.1, 0.15) is 5.25 Å². The van der Waals surface area contributed by atoms with Gasteiger partial charge in [0.2, 0.25) is 0 Å². The smallest absolute Gasteiger partial charge is 0.337 e. The number of fused-ring (bicyclic) bond motifs is 1. The molecule has 1 aromatic heterocycles. The number of rotatable bonds is 5. The summed E-state index contributed by atoms with van der Waals surface area (Å²) < 4.78 is 11.0. The van der Waals surface area contributed by atoms with Crippen LogP contribution in [0.15, 0.2) is 58.5 Å². The SMILES string of the molecule is COC(=O)c1ccc2c(=O)n(-c3ccccc3)c(SC(C)C(=O)OC)nc2c1. The Labute approximate surface area is 165 Å². The zero-order valence-electron chi connectivity index (χ0n) is 15.5. The summed E-state index contributed by atoms with van der Waals surface area (Å²) in [6.07, 6.45) is 0. The van der Waals surface area contributed by atoms with Crippen molar-refractivity contribution >= 4 is 34.6 Å². The molecule has 0 saturated heterocycles. The third-order valence-corrected chi connectivity index (χ3v) is 5.12. The van der Waals surface area contributed by atoms with E-state index < -0.39 is 17.2 Å². The Hall–Kier alpha value is -3.13. The molecular weight excluding hydrogens is 380 g/mol. The summed E-state index contributed by atoms with van der Waals surface area (Å²) in [5, 5.41) is 0.100. The van der Waals surface area contributed by atoms with E-state index in [2.05, 4.69) is 4.98 Å². The fraction of sp³-hybridized carbons (Fsp3) is 0.200. The van der Waals surface area contributed by atoms with Gasteiger partial charge >= 0.3 is 11.9 Å². The van der Waals surface area contributed by atoms with E-state index in [4.69, 9.17) is 9.47 Å². The molecule has 0 spiro atoms. The number of para-hydroxylation sites is 1. The molecule has 7 nitrogen and oxygen atoms in total. The summed E-state index contributed by atoms with van der Waals surface area (Å²) in [7, 11) is 2.59. The van der Waals surface area contributed by atoms with Gasteiger partial charge in [-0.15, -0.1) is 0 Å². The van der Waals surface area contributed by atoms with Gasteiger partial charge in [-0.2, -0.15) is 0 Å². The standard InChI is InChI=1S/C20H18N2O5S/c1-12(18(24)26-2)28-20-21-16-11-13(19(25)27-3)9-10-15(16)17(23)22(20)14-7-5-4-6-8-14/h4-12H,1-3H3. The summed E-state index contributed by atoms with van der Waals surface area (Å²) in [6.45, 7) is 1.67. The van der Waals surface area contributed by atoms with E-state index >= 15 is 0 Å². The Balaban J connectivity index is 2.24. The van der Waals surface area contributed by atoms with Crippen molar-refractivity contribution in [3.05, 3.63) is 64.4 Å².